The van der Waals surface area contributed by atoms with E-state index in [2.05, 4.69) is 12.2 Å². The Balaban J connectivity index is 2.19. The summed E-state index contributed by atoms with van der Waals surface area (Å²) in [4.78, 5) is 1.69. The van der Waals surface area contributed by atoms with Gasteiger partial charge in [-0.15, -0.1) is 0 Å². The second kappa shape index (κ2) is 6.99. The monoisotopic (exact) mass is 284 g/mol. The Morgan fingerprint density at radius 3 is 2.85 bits per heavy atom. The molecule has 1 heterocycles. The Hall–Kier alpha value is -1.20. The lowest BCUT2D eigenvalue weighted by atomic mass is 9.95. The zero-order valence-electron chi connectivity index (χ0n) is 12.0. The molecule has 0 spiro atoms. The van der Waals surface area contributed by atoms with Gasteiger partial charge in [-0.25, -0.2) is 8.78 Å². The number of nitrogens with one attached hydrogen (secondary N) is 1. The highest BCUT2D eigenvalue weighted by Gasteiger charge is 2.33. The number of halogens is 2. The third kappa shape index (κ3) is 3.46. The van der Waals surface area contributed by atoms with E-state index in [1.54, 1.807) is 11.9 Å². The van der Waals surface area contributed by atoms with Crippen molar-refractivity contribution in [2.24, 2.45) is 0 Å². The molecule has 1 N–H and O–H groups in total. The Morgan fingerprint density at radius 1 is 1.40 bits per heavy atom. The van der Waals surface area contributed by atoms with Gasteiger partial charge in [-0.05, 0) is 26.1 Å². The van der Waals surface area contributed by atoms with Crippen LogP contribution in [0.4, 0.5) is 8.78 Å². The van der Waals surface area contributed by atoms with Crippen molar-refractivity contribution in [3.63, 3.8) is 0 Å². The summed E-state index contributed by atoms with van der Waals surface area (Å²) < 4.78 is 30.9. The number of nitrogens with zero attached hydrogens (tertiary/aromatic N) is 1. The molecule has 2 rings (SSSR count). The summed E-state index contributed by atoms with van der Waals surface area (Å²) in [5.74, 6) is 0.850. The molecular formula is C15H22F2N2O. The fourth-order valence-electron chi connectivity index (χ4n) is 2.63. The van der Waals surface area contributed by atoms with Crippen molar-refractivity contribution in [2.75, 3.05) is 26.7 Å². The lowest BCUT2D eigenvalue weighted by Crippen LogP contribution is -2.50. The zero-order chi connectivity index (χ0) is 14.5. The first-order valence-electron chi connectivity index (χ1n) is 7.07. The summed E-state index contributed by atoms with van der Waals surface area (Å²) in [5, 5.41) is 3.47. The van der Waals surface area contributed by atoms with Gasteiger partial charge in [0.1, 0.15) is 12.4 Å². The van der Waals surface area contributed by atoms with Crippen LogP contribution in [0, 0.1) is 0 Å². The summed E-state index contributed by atoms with van der Waals surface area (Å²) in [6, 6.07) is 7.77. The summed E-state index contributed by atoms with van der Waals surface area (Å²) in [6.45, 7) is 3.15. The number of ether oxygens (including phenoxy) is 1. The van der Waals surface area contributed by atoms with Crippen LogP contribution in [0.1, 0.15) is 24.9 Å². The van der Waals surface area contributed by atoms with Crippen LogP contribution < -0.4 is 10.1 Å². The van der Waals surface area contributed by atoms with E-state index in [1.807, 2.05) is 24.3 Å². The summed E-state index contributed by atoms with van der Waals surface area (Å²) in [6.07, 6.45) is -1.32. The van der Waals surface area contributed by atoms with E-state index >= 15 is 0 Å². The maximum absolute atomic E-state index is 12.6. The molecule has 0 saturated carbocycles. The van der Waals surface area contributed by atoms with Crippen molar-refractivity contribution in [1.29, 1.82) is 0 Å². The molecular weight excluding hydrogens is 262 g/mol. The molecule has 1 aromatic rings. The molecule has 0 saturated heterocycles. The molecule has 0 aliphatic carbocycles. The molecule has 2 unspecified atom stereocenters. The lowest BCUT2D eigenvalue weighted by molar-refractivity contribution is 0.0444. The highest BCUT2D eigenvalue weighted by Crippen LogP contribution is 2.33. The van der Waals surface area contributed by atoms with E-state index in [4.69, 9.17) is 4.74 Å². The molecule has 112 valence electrons. The highest BCUT2D eigenvalue weighted by molar-refractivity contribution is 5.38. The highest BCUT2D eigenvalue weighted by atomic mass is 19.3. The molecule has 1 aromatic carbocycles. The van der Waals surface area contributed by atoms with Crippen LogP contribution in [0.5, 0.6) is 5.75 Å². The lowest BCUT2D eigenvalue weighted by Gasteiger charge is -2.39. The Kier molecular flexibility index (Phi) is 5.31. The van der Waals surface area contributed by atoms with Crippen LogP contribution in [0.3, 0.4) is 0 Å². The normalized spacial score (nSPS) is 21.9. The van der Waals surface area contributed by atoms with Crippen LogP contribution in [-0.2, 0) is 0 Å². The predicted molar refractivity (Wildman–Crippen MR) is 75.4 cm³/mol. The topological polar surface area (TPSA) is 24.5 Å². The van der Waals surface area contributed by atoms with Gasteiger partial charge < -0.3 is 10.1 Å². The molecule has 0 aromatic heterocycles. The molecule has 1 aliphatic rings. The standard InChI is InChI=1S/C15H22F2N2O/c1-3-8-18-15-11-6-4-5-7-13(11)20-10-12(15)19(2)9-14(16)17/h4-7,12,14-15,18H,3,8-10H2,1-2H3. The van der Waals surface area contributed by atoms with Crippen LogP contribution in [0.25, 0.3) is 0 Å². The molecule has 2 atom stereocenters. The fraction of sp³-hybridized carbons (Fsp3) is 0.600. The molecule has 3 nitrogen and oxygen atoms in total. The van der Waals surface area contributed by atoms with Crippen LogP contribution in [-0.4, -0.2) is 44.1 Å². The first kappa shape index (κ1) is 15.2. The Morgan fingerprint density at radius 2 is 2.15 bits per heavy atom. The second-order valence-corrected chi connectivity index (χ2v) is 5.18. The quantitative estimate of drug-likeness (QED) is 0.869. The Labute approximate surface area is 118 Å². The third-order valence-electron chi connectivity index (χ3n) is 3.65. The molecule has 1 aliphatic heterocycles. The van der Waals surface area contributed by atoms with Gasteiger partial charge in [0.05, 0.1) is 18.6 Å². The van der Waals surface area contributed by atoms with Crippen LogP contribution in [0.15, 0.2) is 24.3 Å². The minimum atomic E-state index is -2.33. The largest absolute Gasteiger partial charge is 0.492 e. The number of rotatable bonds is 6. The van der Waals surface area contributed by atoms with E-state index in [9.17, 15) is 8.78 Å². The molecule has 5 heteroatoms. The predicted octanol–water partition coefficient (Wildman–Crippen LogP) is 2.69. The maximum atomic E-state index is 12.6. The number of alkyl halides is 2. The molecule has 0 amide bonds. The van der Waals surface area contributed by atoms with Crippen LogP contribution in [0.2, 0.25) is 0 Å². The smallest absolute Gasteiger partial charge is 0.251 e. The van der Waals surface area contributed by atoms with Gasteiger partial charge in [0.2, 0.25) is 0 Å². The summed E-state index contributed by atoms with van der Waals surface area (Å²) in [7, 11) is 1.73. The van der Waals surface area contributed by atoms with Crippen molar-refractivity contribution >= 4 is 0 Å². The third-order valence-corrected chi connectivity index (χ3v) is 3.65. The van der Waals surface area contributed by atoms with Crippen molar-refractivity contribution in [3.05, 3.63) is 29.8 Å². The van der Waals surface area contributed by atoms with Gasteiger partial charge >= 0.3 is 0 Å². The average Bonchev–Trinajstić information content (AvgIpc) is 2.43. The molecule has 0 bridgehead atoms. The van der Waals surface area contributed by atoms with E-state index < -0.39 is 6.43 Å². The minimum Gasteiger partial charge on any atom is -0.492 e. The van der Waals surface area contributed by atoms with E-state index in [-0.39, 0.29) is 18.6 Å². The van der Waals surface area contributed by atoms with Gasteiger partial charge in [-0.3, -0.25) is 4.90 Å². The van der Waals surface area contributed by atoms with Gasteiger partial charge in [0.25, 0.3) is 6.43 Å². The zero-order valence-corrected chi connectivity index (χ0v) is 12.0. The average molecular weight is 284 g/mol. The number of benzene rings is 1. The van der Waals surface area contributed by atoms with Gasteiger partial charge in [0.15, 0.2) is 0 Å². The van der Waals surface area contributed by atoms with Gasteiger partial charge in [0, 0.05) is 5.56 Å². The number of hydrogen-bond acceptors (Lipinski definition) is 3. The number of fused-ring (bicyclic) bond motifs is 1. The van der Waals surface area contributed by atoms with E-state index in [0.717, 1.165) is 24.3 Å². The van der Waals surface area contributed by atoms with E-state index in [1.165, 1.54) is 0 Å². The molecule has 0 radical (unpaired) electrons. The molecule has 20 heavy (non-hydrogen) atoms. The number of para-hydroxylation sites is 1. The van der Waals surface area contributed by atoms with Crippen molar-refractivity contribution in [2.45, 2.75) is 31.9 Å². The van der Waals surface area contributed by atoms with E-state index in [0.29, 0.717) is 6.61 Å². The maximum Gasteiger partial charge on any atom is 0.251 e. The SMILES string of the molecule is CCCNC1c2ccccc2OCC1N(C)CC(F)F. The first-order valence-corrected chi connectivity index (χ1v) is 7.07. The van der Waals surface area contributed by atoms with Crippen molar-refractivity contribution < 1.29 is 13.5 Å². The second-order valence-electron chi connectivity index (χ2n) is 5.18. The van der Waals surface area contributed by atoms with Crippen molar-refractivity contribution in [1.82, 2.24) is 10.2 Å². The van der Waals surface area contributed by atoms with Gasteiger partial charge in [-0.2, -0.15) is 0 Å². The fourth-order valence-corrected chi connectivity index (χ4v) is 2.63. The number of likely N-dealkylation sites (N-methyl/N-ethyl adjacent to an activating group) is 1. The first-order chi connectivity index (χ1) is 9.63. The summed E-state index contributed by atoms with van der Waals surface area (Å²) >= 11 is 0. The minimum absolute atomic E-state index is 0.0312. The Bertz CT molecular complexity index is 428. The van der Waals surface area contributed by atoms with Crippen molar-refractivity contribution in [3.8, 4) is 5.75 Å². The molecule has 0 fully saturated rings. The van der Waals surface area contributed by atoms with Gasteiger partial charge in [-0.1, -0.05) is 25.1 Å². The summed E-state index contributed by atoms with van der Waals surface area (Å²) in [5.41, 5.74) is 1.05. The number of hydrogen-bond donors (Lipinski definition) is 1. The van der Waals surface area contributed by atoms with Crippen LogP contribution >= 0.6 is 0 Å².